The number of rotatable bonds is 7. The zero-order chi connectivity index (χ0) is 19.2. The summed E-state index contributed by atoms with van der Waals surface area (Å²) in [5.74, 6) is 2.00. The highest BCUT2D eigenvalue weighted by molar-refractivity contribution is 7.99. The summed E-state index contributed by atoms with van der Waals surface area (Å²) in [7, 11) is 0. The highest BCUT2D eigenvalue weighted by atomic mass is 32.2. The van der Waals surface area contributed by atoms with Gasteiger partial charge in [-0.2, -0.15) is 0 Å². The maximum atomic E-state index is 13.4. The summed E-state index contributed by atoms with van der Waals surface area (Å²) in [6.07, 6.45) is 0. The molecule has 0 saturated heterocycles. The van der Waals surface area contributed by atoms with Crippen LogP contribution < -0.4 is 4.74 Å². The average molecular weight is 391 g/mol. The second kappa shape index (κ2) is 8.71. The summed E-state index contributed by atoms with van der Waals surface area (Å²) in [5.41, 5.74) is 1.77. The van der Waals surface area contributed by atoms with Crippen LogP contribution in [0.5, 0.6) is 5.75 Å². The maximum absolute atomic E-state index is 13.4. The number of nitrogens with zero attached hydrogens (tertiary/aromatic N) is 3. The van der Waals surface area contributed by atoms with Crippen LogP contribution in [0.25, 0.3) is 17.1 Å². The Bertz CT molecular complexity index is 1020. The fourth-order valence-corrected chi connectivity index (χ4v) is 3.54. The van der Waals surface area contributed by atoms with Gasteiger partial charge in [0.1, 0.15) is 11.6 Å². The lowest BCUT2D eigenvalue weighted by Crippen LogP contribution is -2.03. The molecular formula is C22H18FN3OS. The van der Waals surface area contributed by atoms with Gasteiger partial charge in [0.2, 0.25) is 0 Å². The molecule has 4 aromatic rings. The van der Waals surface area contributed by atoms with Crippen LogP contribution in [0.2, 0.25) is 0 Å². The van der Waals surface area contributed by atoms with E-state index >= 15 is 0 Å². The van der Waals surface area contributed by atoms with E-state index in [9.17, 15) is 4.39 Å². The topological polar surface area (TPSA) is 39.9 Å². The first-order valence-corrected chi connectivity index (χ1v) is 9.87. The molecule has 4 nitrogen and oxygen atoms in total. The Morgan fingerprint density at radius 2 is 1.50 bits per heavy atom. The molecule has 4 rings (SSSR count). The van der Waals surface area contributed by atoms with Crippen LogP contribution in [0.15, 0.2) is 90.1 Å². The largest absolute Gasteiger partial charge is 0.493 e. The number of hydrogen-bond acceptors (Lipinski definition) is 4. The van der Waals surface area contributed by atoms with Crippen molar-refractivity contribution < 1.29 is 9.13 Å². The van der Waals surface area contributed by atoms with Crippen LogP contribution in [0.3, 0.4) is 0 Å². The first kappa shape index (κ1) is 18.3. The molecule has 140 valence electrons. The van der Waals surface area contributed by atoms with E-state index in [0.29, 0.717) is 12.4 Å². The third kappa shape index (κ3) is 4.23. The van der Waals surface area contributed by atoms with E-state index in [1.807, 2.05) is 65.2 Å². The summed E-state index contributed by atoms with van der Waals surface area (Å²) in [6, 6.07) is 25.9. The monoisotopic (exact) mass is 391 g/mol. The van der Waals surface area contributed by atoms with E-state index in [1.165, 1.54) is 12.1 Å². The fourth-order valence-electron chi connectivity index (χ4n) is 2.77. The van der Waals surface area contributed by atoms with E-state index < -0.39 is 0 Å². The van der Waals surface area contributed by atoms with Gasteiger partial charge < -0.3 is 4.74 Å². The minimum absolute atomic E-state index is 0.274. The van der Waals surface area contributed by atoms with Crippen LogP contribution in [0, 0.1) is 5.82 Å². The Balaban J connectivity index is 1.56. The van der Waals surface area contributed by atoms with Gasteiger partial charge in [-0.05, 0) is 36.4 Å². The molecule has 0 aliphatic carbocycles. The second-order valence-electron chi connectivity index (χ2n) is 5.99. The van der Waals surface area contributed by atoms with Gasteiger partial charge in [-0.25, -0.2) is 4.39 Å². The summed E-state index contributed by atoms with van der Waals surface area (Å²) >= 11 is 1.55. The molecule has 0 aliphatic rings. The summed E-state index contributed by atoms with van der Waals surface area (Å²) in [4.78, 5) is 0. The van der Waals surface area contributed by atoms with Crippen molar-refractivity contribution in [2.45, 2.75) is 5.16 Å². The third-order valence-corrected chi connectivity index (χ3v) is 4.97. The first-order valence-electron chi connectivity index (χ1n) is 8.89. The molecule has 0 N–H and O–H groups in total. The molecule has 0 amide bonds. The van der Waals surface area contributed by atoms with E-state index in [-0.39, 0.29) is 5.82 Å². The molecule has 0 unspecified atom stereocenters. The van der Waals surface area contributed by atoms with Crippen molar-refractivity contribution in [2.24, 2.45) is 0 Å². The van der Waals surface area contributed by atoms with E-state index in [0.717, 1.165) is 28.0 Å². The lowest BCUT2D eigenvalue weighted by Gasteiger charge is -2.11. The van der Waals surface area contributed by atoms with Crippen molar-refractivity contribution in [2.75, 3.05) is 12.4 Å². The lowest BCUT2D eigenvalue weighted by atomic mass is 10.2. The number of benzene rings is 3. The van der Waals surface area contributed by atoms with Gasteiger partial charge in [-0.15, -0.1) is 10.2 Å². The van der Waals surface area contributed by atoms with Crippen molar-refractivity contribution in [3.63, 3.8) is 0 Å². The normalized spacial score (nSPS) is 10.8. The molecule has 0 radical (unpaired) electrons. The Morgan fingerprint density at radius 3 is 2.21 bits per heavy atom. The van der Waals surface area contributed by atoms with E-state index in [2.05, 4.69) is 10.2 Å². The van der Waals surface area contributed by atoms with Crippen molar-refractivity contribution >= 4 is 11.8 Å². The molecular weight excluding hydrogens is 373 g/mol. The molecule has 0 fully saturated rings. The van der Waals surface area contributed by atoms with Crippen LogP contribution in [-0.2, 0) is 0 Å². The predicted molar refractivity (Wildman–Crippen MR) is 109 cm³/mol. The van der Waals surface area contributed by atoms with Gasteiger partial charge in [-0.3, -0.25) is 4.57 Å². The fraction of sp³-hybridized carbons (Fsp3) is 0.0909. The van der Waals surface area contributed by atoms with Gasteiger partial charge in [0.05, 0.1) is 6.61 Å². The predicted octanol–water partition coefficient (Wildman–Crippen LogP) is 5.24. The Hall–Kier alpha value is -3.12. The SMILES string of the molecule is Fc1ccc(-n2c(SCCOc3ccccc3)nnc2-c2ccccc2)cc1. The average Bonchev–Trinajstić information content (AvgIpc) is 3.17. The third-order valence-electron chi connectivity index (χ3n) is 4.08. The molecule has 28 heavy (non-hydrogen) atoms. The number of ether oxygens (including phenoxy) is 1. The van der Waals surface area contributed by atoms with Crippen molar-refractivity contribution in [1.29, 1.82) is 0 Å². The number of thioether (sulfide) groups is 1. The lowest BCUT2D eigenvalue weighted by molar-refractivity contribution is 0.344. The van der Waals surface area contributed by atoms with Gasteiger partial charge >= 0.3 is 0 Å². The molecule has 0 aliphatic heterocycles. The van der Waals surface area contributed by atoms with Crippen LogP contribution in [0.4, 0.5) is 4.39 Å². The minimum Gasteiger partial charge on any atom is -0.493 e. The zero-order valence-electron chi connectivity index (χ0n) is 15.0. The summed E-state index contributed by atoms with van der Waals surface area (Å²) < 4.78 is 21.1. The van der Waals surface area contributed by atoms with Crippen LogP contribution in [-0.4, -0.2) is 27.1 Å². The van der Waals surface area contributed by atoms with Crippen molar-refractivity contribution in [3.8, 4) is 22.8 Å². The first-order chi connectivity index (χ1) is 13.8. The molecule has 1 heterocycles. The van der Waals surface area contributed by atoms with Gasteiger partial charge in [0.15, 0.2) is 11.0 Å². The molecule has 0 saturated carbocycles. The number of hydrogen-bond donors (Lipinski definition) is 0. The molecule has 0 spiro atoms. The standard InChI is InChI=1S/C22H18FN3OS/c23-18-11-13-19(14-12-18)26-21(17-7-3-1-4-8-17)24-25-22(26)28-16-15-27-20-9-5-2-6-10-20/h1-14H,15-16H2. The Kier molecular flexibility index (Phi) is 5.68. The summed E-state index contributed by atoms with van der Waals surface area (Å²) in [6.45, 7) is 0.547. The summed E-state index contributed by atoms with van der Waals surface area (Å²) in [5, 5.41) is 9.48. The molecule has 3 aromatic carbocycles. The molecule has 1 aromatic heterocycles. The zero-order valence-corrected chi connectivity index (χ0v) is 15.8. The Morgan fingerprint density at radius 1 is 0.821 bits per heavy atom. The number of para-hydroxylation sites is 1. The van der Waals surface area contributed by atoms with Crippen molar-refractivity contribution in [3.05, 3.63) is 90.7 Å². The van der Waals surface area contributed by atoms with Gasteiger partial charge in [-0.1, -0.05) is 60.3 Å². The van der Waals surface area contributed by atoms with E-state index in [4.69, 9.17) is 4.74 Å². The quantitative estimate of drug-likeness (QED) is 0.319. The Labute approximate surface area is 167 Å². The van der Waals surface area contributed by atoms with Crippen molar-refractivity contribution in [1.82, 2.24) is 14.8 Å². The maximum Gasteiger partial charge on any atom is 0.196 e. The van der Waals surface area contributed by atoms with Gasteiger partial charge in [0, 0.05) is 17.0 Å². The second-order valence-corrected chi connectivity index (χ2v) is 7.06. The highest BCUT2D eigenvalue weighted by Crippen LogP contribution is 2.28. The number of aromatic nitrogens is 3. The number of halogens is 1. The molecule has 0 atom stereocenters. The molecule has 0 bridgehead atoms. The smallest absolute Gasteiger partial charge is 0.196 e. The molecule has 6 heteroatoms. The highest BCUT2D eigenvalue weighted by Gasteiger charge is 2.16. The van der Waals surface area contributed by atoms with E-state index in [1.54, 1.807) is 23.9 Å². The van der Waals surface area contributed by atoms with Crippen LogP contribution in [0.1, 0.15) is 0 Å². The minimum atomic E-state index is -0.274. The van der Waals surface area contributed by atoms with Crippen LogP contribution >= 0.6 is 11.8 Å². The van der Waals surface area contributed by atoms with Gasteiger partial charge in [0.25, 0.3) is 0 Å².